The molecular weight excluding hydrogens is 384 g/mol. The van der Waals surface area contributed by atoms with Gasteiger partial charge < -0.3 is 9.47 Å². The number of nitrogens with zero attached hydrogens (tertiary/aromatic N) is 2. The zero-order valence-electron chi connectivity index (χ0n) is 16.3. The Labute approximate surface area is 175 Å². The normalized spacial score (nSPS) is 19.8. The molecule has 0 radical (unpaired) electrons. The SMILES string of the molecule is COc1cccc(C2=NN3[C@@H](C2)c2cc(Cl)ccc2O[C@H]3c2ccc(C)cc2)c1. The molecule has 2 atom stereocenters. The first-order valence-corrected chi connectivity index (χ1v) is 10.0. The molecule has 146 valence electrons. The van der Waals surface area contributed by atoms with Gasteiger partial charge in [-0.25, -0.2) is 5.01 Å². The standard InChI is InChI=1S/C24H21ClN2O2/c1-15-6-8-16(9-7-15)24-27-22(20-13-18(25)10-11-23(20)29-24)14-21(26-27)17-4-3-5-19(12-17)28-2/h3-13,22,24H,14H2,1-2H3/t22-,24-/m0/s1. The van der Waals surface area contributed by atoms with Crippen LogP contribution in [-0.2, 0) is 0 Å². The lowest BCUT2D eigenvalue weighted by Gasteiger charge is -2.38. The van der Waals surface area contributed by atoms with Crippen molar-refractivity contribution in [1.82, 2.24) is 5.01 Å². The maximum absolute atomic E-state index is 6.39. The number of halogens is 1. The lowest BCUT2D eigenvalue weighted by atomic mass is 9.95. The molecule has 0 spiro atoms. The minimum Gasteiger partial charge on any atom is -0.497 e. The molecule has 0 aromatic heterocycles. The smallest absolute Gasteiger partial charge is 0.213 e. The topological polar surface area (TPSA) is 34.1 Å². The number of hydrogen-bond donors (Lipinski definition) is 0. The van der Waals surface area contributed by atoms with E-state index in [1.165, 1.54) is 5.56 Å². The summed E-state index contributed by atoms with van der Waals surface area (Å²) in [7, 11) is 1.68. The average molecular weight is 405 g/mol. The molecule has 5 heteroatoms. The molecule has 29 heavy (non-hydrogen) atoms. The second-order valence-electron chi connectivity index (χ2n) is 7.44. The zero-order chi connectivity index (χ0) is 20.0. The third-order valence-corrected chi connectivity index (χ3v) is 5.75. The highest BCUT2D eigenvalue weighted by Crippen LogP contribution is 2.48. The second kappa shape index (κ2) is 7.12. The minimum absolute atomic E-state index is 0.0740. The van der Waals surface area contributed by atoms with Crippen molar-refractivity contribution in [3.05, 3.63) is 94.0 Å². The van der Waals surface area contributed by atoms with E-state index in [4.69, 9.17) is 26.2 Å². The van der Waals surface area contributed by atoms with Crippen LogP contribution in [0.1, 0.15) is 40.9 Å². The first kappa shape index (κ1) is 18.1. The van der Waals surface area contributed by atoms with Crippen molar-refractivity contribution >= 4 is 17.3 Å². The van der Waals surface area contributed by atoms with E-state index in [2.05, 4.69) is 42.3 Å². The Morgan fingerprint density at radius 1 is 1.07 bits per heavy atom. The van der Waals surface area contributed by atoms with Gasteiger partial charge in [-0.3, -0.25) is 0 Å². The highest BCUT2D eigenvalue weighted by molar-refractivity contribution is 6.30. The molecule has 0 saturated carbocycles. The summed E-state index contributed by atoms with van der Waals surface area (Å²) in [6.45, 7) is 2.08. The minimum atomic E-state index is -0.280. The van der Waals surface area contributed by atoms with Crippen LogP contribution in [0.3, 0.4) is 0 Å². The van der Waals surface area contributed by atoms with Crippen molar-refractivity contribution in [2.24, 2.45) is 5.10 Å². The molecule has 2 heterocycles. The van der Waals surface area contributed by atoms with Crippen molar-refractivity contribution in [3.63, 3.8) is 0 Å². The summed E-state index contributed by atoms with van der Waals surface area (Å²) in [5.74, 6) is 1.69. The van der Waals surface area contributed by atoms with E-state index in [-0.39, 0.29) is 12.3 Å². The van der Waals surface area contributed by atoms with E-state index in [1.807, 2.05) is 36.4 Å². The van der Waals surface area contributed by atoms with Gasteiger partial charge in [0.1, 0.15) is 11.5 Å². The first-order chi connectivity index (χ1) is 14.1. The van der Waals surface area contributed by atoms with Crippen molar-refractivity contribution < 1.29 is 9.47 Å². The molecule has 2 aliphatic rings. The first-order valence-electron chi connectivity index (χ1n) is 9.65. The molecular formula is C24H21ClN2O2. The van der Waals surface area contributed by atoms with Gasteiger partial charge in [0, 0.05) is 28.1 Å². The lowest BCUT2D eigenvalue weighted by molar-refractivity contribution is -0.0190. The lowest BCUT2D eigenvalue weighted by Crippen LogP contribution is -2.33. The molecule has 3 aromatic rings. The second-order valence-corrected chi connectivity index (χ2v) is 7.88. The van der Waals surface area contributed by atoms with Gasteiger partial charge in [-0.2, -0.15) is 5.10 Å². The van der Waals surface area contributed by atoms with Gasteiger partial charge in [0.15, 0.2) is 0 Å². The van der Waals surface area contributed by atoms with Crippen LogP contribution in [0.25, 0.3) is 0 Å². The molecule has 0 aliphatic carbocycles. The molecule has 0 amide bonds. The highest BCUT2D eigenvalue weighted by Gasteiger charge is 2.41. The Kier molecular flexibility index (Phi) is 4.44. The van der Waals surface area contributed by atoms with Crippen LogP contribution in [-0.4, -0.2) is 17.8 Å². The summed E-state index contributed by atoms with van der Waals surface area (Å²) in [6.07, 6.45) is 0.504. The van der Waals surface area contributed by atoms with Crippen LogP contribution >= 0.6 is 11.6 Å². The summed E-state index contributed by atoms with van der Waals surface area (Å²) >= 11 is 6.30. The maximum atomic E-state index is 6.39. The fourth-order valence-corrected chi connectivity index (χ4v) is 4.17. The van der Waals surface area contributed by atoms with Crippen molar-refractivity contribution in [2.45, 2.75) is 25.6 Å². The van der Waals surface area contributed by atoms with Crippen LogP contribution in [0.2, 0.25) is 5.02 Å². The Balaban J connectivity index is 1.59. The summed E-state index contributed by atoms with van der Waals surface area (Å²) in [6, 6.07) is 22.4. The van der Waals surface area contributed by atoms with Crippen molar-refractivity contribution in [1.29, 1.82) is 0 Å². The molecule has 0 N–H and O–H groups in total. The van der Waals surface area contributed by atoms with Crippen LogP contribution in [0.15, 0.2) is 71.8 Å². The van der Waals surface area contributed by atoms with Gasteiger partial charge in [-0.15, -0.1) is 0 Å². The van der Waals surface area contributed by atoms with Gasteiger partial charge in [0.05, 0.1) is 18.9 Å². The number of hydrazone groups is 1. The zero-order valence-corrected chi connectivity index (χ0v) is 17.1. The van der Waals surface area contributed by atoms with Crippen LogP contribution in [0.4, 0.5) is 0 Å². The van der Waals surface area contributed by atoms with Gasteiger partial charge in [0.25, 0.3) is 0 Å². The number of rotatable bonds is 3. The monoisotopic (exact) mass is 404 g/mol. The Hall–Kier alpha value is -2.98. The van der Waals surface area contributed by atoms with E-state index < -0.39 is 0 Å². The third kappa shape index (κ3) is 3.23. The molecule has 5 rings (SSSR count). The van der Waals surface area contributed by atoms with E-state index in [1.54, 1.807) is 7.11 Å². The van der Waals surface area contributed by atoms with E-state index in [0.29, 0.717) is 5.02 Å². The van der Waals surface area contributed by atoms with Gasteiger partial charge in [-0.1, -0.05) is 53.6 Å². The molecule has 4 nitrogen and oxygen atoms in total. The van der Waals surface area contributed by atoms with Crippen molar-refractivity contribution in [3.8, 4) is 11.5 Å². The summed E-state index contributed by atoms with van der Waals surface area (Å²) in [4.78, 5) is 0. The van der Waals surface area contributed by atoms with Crippen molar-refractivity contribution in [2.75, 3.05) is 7.11 Å². The Morgan fingerprint density at radius 2 is 1.90 bits per heavy atom. The largest absolute Gasteiger partial charge is 0.497 e. The van der Waals surface area contributed by atoms with Crippen LogP contribution in [0.5, 0.6) is 11.5 Å². The Morgan fingerprint density at radius 3 is 2.69 bits per heavy atom. The summed E-state index contributed by atoms with van der Waals surface area (Å²) in [5.41, 5.74) is 5.45. The fraction of sp³-hybridized carbons (Fsp3) is 0.208. The molecule has 2 aliphatic heterocycles. The Bertz CT molecular complexity index is 1090. The predicted octanol–water partition coefficient (Wildman–Crippen LogP) is 5.90. The molecule has 0 fully saturated rings. The van der Waals surface area contributed by atoms with E-state index in [0.717, 1.165) is 40.3 Å². The summed E-state index contributed by atoms with van der Waals surface area (Å²) < 4.78 is 11.8. The van der Waals surface area contributed by atoms with E-state index in [9.17, 15) is 0 Å². The number of hydrogen-bond acceptors (Lipinski definition) is 4. The molecule has 0 bridgehead atoms. The number of fused-ring (bicyclic) bond motifs is 3. The van der Waals surface area contributed by atoms with Gasteiger partial charge in [-0.05, 0) is 37.3 Å². The van der Waals surface area contributed by atoms with Gasteiger partial charge >= 0.3 is 0 Å². The molecule has 0 saturated heterocycles. The summed E-state index contributed by atoms with van der Waals surface area (Å²) in [5, 5.41) is 7.76. The number of aryl methyl sites for hydroxylation is 1. The number of benzene rings is 3. The van der Waals surface area contributed by atoms with Crippen LogP contribution in [0, 0.1) is 6.92 Å². The van der Waals surface area contributed by atoms with Gasteiger partial charge in [0.2, 0.25) is 6.23 Å². The number of ether oxygens (including phenoxy) is 2. The predicted molar refractivity (Wildman–Crippen MR) is 115 cm³/mol. The fourth-order valence-electron chi connectivity index (χ4n) is 3.99. The molecule has 3 aromatic carbocycles. The quantitative estimate of drug-likeness (QED) is 0.545. The average Bonchev–Trinajstić information content (AvgIpc) is 3.20. The van der Waals surface area contributed by atoms with E-state index >= 15 is 0 Å². The number of methoxy groups -OCH3 is 1. The van der Waals surface area contributed by atoms with Crippen LogP contribution < -0.4 is 9.47 Å². The highest BCUT2D eigenvalue weighted by atomic mass is 35.5. The third-order valence-electron chi connectivity index (χ3n) is 5.52. The molecule has 0 unspecified atom stereocenters. The maximum Gasteiger partial charge on any atom is 0.213 e.